The summed E-state index contributed by atoms with van der Waals surface area (Å²) in [5.41, 5.74) is 9.78. The van der Waals surface area contributed by atoms with Gasteiger partial charge in [-0.05, 0) is 73.8 Å². The highest BCUT2D eigenvalue weighted by atomic mass is 16.3. The Morgan fingerprint density at radius 3 is 2.59 bits per heavy atom. The Kier molecular flexibility index (Phi) is 5.71. The molecule has 1 saturated carbocycles. The molecule has 2 amide bonds. The Hall–Kier alpha value is -3.28. The van der Waals surface area contributed by atoms with Gasteiger partial charge in [-0.2, -0.15) is 0 Å². The predicted octanol–water partition coefficient (Wildman–Crippen LogP) is 4.32. The number of nitrogens with one attached hydrogen (secondary N) is 1. The van der Waals surface area contributed by atoms with Gasteiger partial charge >= 0.3 is 0 Å². The number of aliphatic hydroxyl groups excluding tert-OH is 2. The molecular weight excluding hydrogens is 404 g/mol. The summed E-state index contributed by atoms with van der Waals surface area (Å²) in [6, 6.07) is 0. The maximum Gasteiger partial charge on any atom is 0.230 e. The fraction of sp³-hybridized carbons (Fsp3) is 0.385. The minimum atomic E-state index is -0.550. The van der Waals surface area contributed by atoms with Gasteiger partial charge in [0.05, 0.1) is 11.3 Å². The van der Waals surface area contributed by atoms with Gasteiger partial charge in [-0.1, -0.05) is 36.5 Å². The SMILES string of the molecule is C=C(C)C1=C(C2=CC(C(N)=O)CC=C2)C=C(NC(=O)C2(C3C=CC(O)=C(O)C3)CC2)CC1. The maximum absolute atomic E-state index is 13.3. The molecule has 0 heterocycles. The van der Waals surface area contributed by atoms with E-state index in [1.54, 1.807) is 0 Å². The molecule has 0 saturated heterocycles. The number of hydrogen-bond acceptors (Lipinski definition) is 4. The number of allylic oxidation sites excluding steroid dienone is 11. The van der Waals surface area contributed by atoms with Gasteiger partial charge in [0.2, 0.25) is 11.8 Å². The number of aliphatic hydroxyl groups is 2. The Balaban J connectivity index is 1.57. The number of carbonyl (C=O) groups excluding carboxylic acids is 2. The maximum atomic E-state index is 13.3. The van der Waals surface area contributed by atoms with Crippen molar-refractivity contribution in [1.29, 1.82) is 0 Å². The van der Waals surface area contributed by atoms with Gasteiger partial charge in [0.25, 0.3) is 0 Å². The summed E-state index contributed by atoms with van der Waals surface area (Å²) in [7, 11) is 0. The van der Waals surface area contributed by atoms with E-state index >= 15 is 0 Å². The third-order valence-electron chi connectivity index (χ3n) is 6.97. The standard InChI is InChI=1S/C26H30N2O4/c1-15(2)20-8-7-19(14-21(20)16-4-3-5-17(12-16)24(27)31)28-25(32)26(10-11-26)18-6-9-22(29)23(30)13-18/h3-4,6,9,12,14,17-18,29-30H,1,5,7-8,10-11,13H2,2H3,(H2,27,31)(H,28,32). The van der Waals surface area contributed by atoms with E-state index < -0.39 is 5.41 Å². The van der Waals surface area contributed by atoms with Crippen LogP contribution < -0.4 is 11.1 Å². The van der Waals surface area contributed by atoms with Crippen molar-refractivity contribution in [3.63, 3.8) is 0 Å². The molecule has 6 heteroatoms. The van der Waals surface area contributed by atoms with Crippen molar-refractivity contribution in [2.24, 2.45) is 23.0 Å². The Morgan fingerprint density at radius 1 is 1.22 bits per heavy atom. The largest absolute Gasteiger partial charge is 0.508 e. The van der Waals surface area contributed by atoms with Crippen molar-refractivity contribution in [2.45, 2.75) is 45.4 Å². The second-order valence-electron chi connectivity index (χ2n) is 9.22. The average Bonchev–Trinajstić information content (AvgIpc) is 3.57. The summed E-state index contributed by atoms with van der Waals surface area (Å²) in [6.07, 6.45) is 15.0. The van der Waals surface area contributed by atoms with Crippen LogP contribution in [0, 0.1) is 17.3 Å². The van der Waals surface area contributed by atoms with Gasteiger partial charge in [-0.25, -0.2) is 0 Å². The lowest BCUT2D eigenvalue weighted by Crippen LogP contribution is -2.37. The number of primary amides is 1. The van der Waals surface area contributed by atoms with Crippen LogP contribution in [-0.4, -0.2) is 22.0 Å². The van der Waals surface area contributed by atoms with Gasteiger partial charge in [0, 0.05) is 12.1 Å². The van der Waals surface area contributed by atoms with Crippen LogP contribution >= 0.6 is 0 Å². The molecular formula is C26H30N2O4. The van der Waals surface area contributed by atoms with E-state index in [4.69, 9.17) is 5.73 Å². The fourth-order valence-electron chi connectivity index (χ4n) is 4.82. The van der Waals surface area contributed by atoms with Gasteiger partial charge in [-0.3, -0.25) is 9.59 Å². The van der Waals surface area contributed by atoms with E-state index in [1.165, 1.54) is 6.08 Å². The Labute approximate surface area is 188 Å². The third-order valence-corrected chi connectivity index (χ3v) is 6.97. The molecule has 0 aliphatic heterocycles. The molecule has 6 nitrogen and oxygen atoms in total. The van der Waals surface area contributed by atoms with E-state index in [0.29, 0.717) is 12.8 Å². The molecule has 4 rings (SSSR count). The van der Waals surface area contributed by atoms with Gasteiger partial charge < -0.3 is 21.3 Å². The number of rotatable bonds is 6. The molecule has 32 heavy (non-hydrogen) atoms. The van der Waals surface area contributed by atoms with Crippen LogP contribution in [0.25, 0.3) is 0 Å². The first-order valence-corrected chi connectivity index (χ1v) is 11.1. The zero-order chi connectivity index (χ0) is 23.0. The van der Waals surface area contributed by atoms with Crippen molar-refractivity contribution in [3.05, 3.63) is 82.5 Å². The molecule has 168 valence electrons. The van der Waals surface area contributed by atoms with E-state index in [-0.39, 0.29) is 41.6 Å². The zero-order valence-electron chi connectivity index (χ0n) is 18.4. The molecule has 2 atom stereocenters. The minimum Gasteiger partial charge on any atom is -0.508 e. The summed E-state index contributed by atoms with van der Waals surface area (Å²) in [4.78, 5) is 25.0. The molecule has 0 aromatic heterocycles. The van der Waals surface area contributed by atoms with E-state index in [1.807, 2.05) is 37.3 Å². The summed E-state index contributed by atoms with van der Waals surface area (Å²) in [5, 5.41) is 22.7. The molecule has 5 N–H and O–H groups in total. The first kappa shape index (κ1) is 21.9. The first-order valence-electron chi connectivity index (χ1n) is 11.1. The molecule has 1 fully saturated rings. The summed E-state index contributed by atoms with van der Waals surface area (Å²) in [6.45, 7) is 6.08. The first-order chi connectivity index (χ1) is 15.2. The lowest BCUT2D eigenvalue weighted by Gasteiger charge is -2.28. The Morgan fingerprint density at radius 2 is 1.97 bits per heavy atom. The van der Waals surface area contributed by atoms with E-state index in [0.717, 1.165) is 47.3 Å². The van der Waals surface area contributed by atoms with E-state index in [9.17, 15) is 19.8 Å². The summed E-state index contributed by atoms with van der Waals surface area (Å²) >= 11 is 0. The number of carbonyl (C=O) groups is 2. The van der Waals surface area contributed by atoms with Crippen molar-refractivity contribution in [1.82, 2.24) is 5.32 Å². The molecule has 4 aliphatic rings. The minimum absolute atomic E-state index is 0.0473. The van der Waals surface area contributed by atoms with Crippen molar-refractivity contribution in [2.75, 3.05) is 0 Å². The molecule has 4 aliphatic carbocycles. The number of amides is 2. The molecule has 0 spiro atoms. The van der Waals surface area contributed by atoms with Crippen LogP contribution in [0.1, 0.15) is 45.4 Å². The molecule has 0 aromatic rings. The zero-order valence-corrected chi connectivity index (χ0v) is 18.4. The summed E-state index contributed by atoms with van der Waals surface area (Å²) < 4.78 is 0. The quantitative estimate of drug-likeness (QED) is 0.498. The van der Waals surface area contributed by atoms with Crippen LogP contribution in [0.3, 0.4) is 0 Å². The second-order valence-corrected chi connectivity index (χ2v) is 9.22. The molecule has 2 unspecified atom stereocenters. The average molecular weight is 435 g/mol. The highest BCUT2D eigenvalue weighted by Crippen LogP contribution is 2.55. The highest BCUT2D eigenvalue weighted by molar-refractivity contribution is 5.87. The lowest BCUT2D eigenvalue weighted by molar-refractivity contribution is -0.127. The van der Waals surface area contributed by atoms with Crippen molar-refractivity contribution in [3.8, 4) is 0 Å². The van der Waals surface area contributed by atoms with Crippen LogP contribution in [0.5, 0.6) is 0 Å². The second kappa shape index (κ2) is 8.34. The van der Waals surface area contributed by atoms with Crippen molar-refractivity contribution < 1.29 is 19.8 Å². The molecule has 0 aromatic carbocycles. The van der Waals surface area contributed by atoms with Crippen LogP contribution in [0.15, 0.2) is 82.5 Å². The fourth-order valence-corrected chi connectivity index (χ4v) is 4.82. The van der Waals surface area contributed by atoms with Gasteiger partial charge in [0.1, 0.15) is 5.76 Å². The lowest BCUT2D eigenvalue weighted by atomic mass is 9.81. The number of nitrogens with two attached hydrogens (primary N) is 1. The van der Waals surface area contributed by atoms with Crippen molar-refractivity contribution >= 4 is 11.8 Å². The van der Waals surface area contributed by atoms with Gasteiger partial charge in [0.15, 0.2) is 5.76 Å². The highest BCUT2D eigenvalue weighted by Gasteiger charge is 2.55. The Bertz CT molecular complexity index is 1060. The van der Waals surface area contributed by atoms with Gasteiger partial charge in [-0.15, -0.1) is 0 Å². The smallest absolute Gasteiger partial charge is 0.230 e. The third kappa shape index (κ3) is 4.09. The normalized spacial score (nSPS) is 26.4. The van der Waals surface area contributed by atoms with Crippen LogP contribution in [0.4, 0.5) is 0 Å². The topological polar surface area (TPSA) is 113 Å². The molecule has 0 bridgehead atoms. The monoisotopic (exact) mass is 434 g/mol. The summed E-state index contributed by atoms with van der Waals surface area (Å²) in [5.74, 6) is -1.07. The number of hydrogen-bond donors (Lipinski definition) is 4. The predicted molar refractivity (Wildman–Crippen MR) is 123 cm³/mol. The van der Waals surface area contributed by atoms with Crippen LogP contribution in [0.2, 0.25) is 0 Å². The van der Waals surface area contributed by atoms with Crippen LogP contribution in [-0.2, 0) is 9.59 Å². The van der Waals surface area contributed by atoms with E-state index in [2.05, 4.69) is 11.9 Å². The molecule has 0 radical (unpaired) electrons.